The van der Waals surface area contributed by atoms with Crippen molar-refractivity contribution in [3.8, 4) is 0 Å². The molecule has 110 valence electrons. The second-order valence-corrected chi connectivity index (χ2v) is 4.65. The van der Waals surface area contributed by atoms with Crippen molar-refractivity contribution >= 4 is 5.91 Å². The van der Waals surface area contributed by atoms with Crippen molar-refractivity contribution in [2.24, 2.45) is 0 Å². The molecule has 2 aromatic rings. The smallest absolute Gasteiger partial charge is 0.255 e. The molecule has 0 aliphatic carbocycles. The summed E-state index contributed by atoms with van der Waals surface area (Å²) in [5, 5.41) is 0. The van der Waals surface area contributed by atoms with Gasteiger partial charge in [0, 0.05) is 32.5 Å². The summed E-state index contributed by atoms with van der Waals surface area (Å²) in [7, 11) is 1.60. The maximum Gasteiger partial charge on any atom is 0.255 e. The minimum Gasteiger partial charge on any atom is -0.383 e. The molecule has 21 heavy (non-hydrogen) atoms. The van der Waals surface area contributed by atoms with Crippen LogP contribution in [0.15, 0.2) is 53.5 Å². The van der Waals surface area contributed by atoms with Crippen molar-refractivity contribution in [2.45, 2.75) is 6.54 Å². The van der Waals surface area contributed by atoms with Gasteiger partial charge in [-0.1, -0.05) is 30.3 Å². The summed E-state index contributed by atoms with van der Waals surface area (Å²) in [5.74, 6) is -0.132. The van der Waals surface area contributed by atoms with Gasteiger partial charge in [0.15, 0.2) is 0 Å². The zero-order chi connectivity index (χ0) is 15.1. The van der Waals surface area contributed by atoms with Crippen LogP contribution in [-0.4, -0.2) is 36.1 Å². The molecule has 0 saturated carbocycles. The maximum absolute atomic E-state index is 12.5. The van der Waals surface area contributed by atoms with Crippen LogP contribution in [0.1, 0.15) is 15.9 Å². The molecule has 0 atom stereocenters. The fraction of sp³-hybridized carbons (Fsp3) is 0.250. The number of aromatic amines is 1. The molecule has 1 aromatic heterocycles. The van der Waals surface area contributed by atoms with Crippen LogP contribution in [0.2, 0.25) is 0 Å². The predicted molar refractivity (Wildman–Crippen MR) is 80.1 cm³/mol. The first kappa shape index (κ1) is 15.0. The molecule has 5 heteroatoms. The monoisotopic (exact) mass is 286 g/mol. The predicted octanol–water partition coefficient (Wildman–Crippen LogP) is 1.66. The number of H-pyrrole nitrogens is 1. The number of pyridine rings is 1. The second kappa shape index (κ2) is 7.40. The summed E-state index contributed by atoms with van der Waals surface area (Å²) in [6.45, 7) is 1.45. The fourth-order valence-electron chi connectivity index (χ4n) is 1.98. The van der Waals surface area contributed by atoms with Gasteiger partial charge in [-0.25, -0.2) is 0 Å². The van der Waals surface area contributed by atoms with Crippen molar-refractivity contribution in [3.63, 3.8) is 0 Å². The van der Waals surface area contributed by atoms with Gasteiger partial charge in [-0.2, -0.15) is 0 Å². The van der Waals surface area contributed by atoms with Crippen molar-refractivity contribution < 1.29 is 9.53 Å². The number of carbonyl (C=O) groups is 1. The number of methoxy groups -OCH3 is 1. The van der Waals surface area contributed by atoms with Gasteiger partial charge in [-0.15, -0.1) is 0 Å². The highest BCUT2D eigenvalue weighted by molar-refractivity contribution is 5.93. The summed E-state index contributed by atoms with van der Waals surface area (Å²) >= 11 is 0. The Morgan fingerprint density at radius 2 is 1.95 bits per heavy atom. The van der Waals surface area contributed by atoms with E-state index in [0.717, 1.165) is 5.56 Å². The first-order chi connectivity index (χ1) is 10.2. The molecule has 1 amide bonds. The van der Waals surface area contributed by atoms with Crippen LogP contribution in [0.5, 0.6) is 0 Å². The van der Waals surface area contributed by atoms with Crippen molar-refractivity contribution in [1.82, 2.24) is 9.88 Å². The normalized spacial score (nSPS) is 10.3. The molecule has 0 fully saturated rings. The van der Waals surface area contributed by atoms with Gasteiger partial charge in [0.05, 0.1) is 12.2 Å². The molecule has 0 radical (unpaired) electrons. The van der Waals surface area contributed by atoms with E-state index in [-0.39, 0.29) is 11.5 Å². The van der Waals surface area contributed by atoms with Crippen LogP contribution < -0.4 is 5.56 Å². The summed E-state index contributed by atoms with van der Waals surface area (Å²) in [5.41, 5.74) is 1.28. The highest BCUT2D eigenvalue weighted by Crippen LogP contribution is 2.08. The zero-order valence-electron chi connectivity index (χ0n) is 11.9. The lowest BCUT2D eigenvalue weighted by atomic mass is 10.2. The molecule has 0 aliphatic rings. The first-order valence-corrected chi connectivity index (χ1v) is 6.71. The quantitative estimate of drug-likeness (QED) is 0.878. The average molecular weight is 286 g/mol. The molecule has 0 unspecified atom stereocenters. The van der Waals surface area contributed by atoms with Gasteiger partial charge in [0.25, 0.3) is 5.91 Å². The Morgan fingerprint density at radius 3 is 2.57 bits per heavy atom. The van der Waals surface area contributed by atoms with Crippen molar-refractivity contribution in [3.05, 3.63) is 70.1 Å². The molecular weight excluding hydrogens is 268 g/mol. The number of hydrogen-bond donors (Lipinski definition) is 1. The largest absolute Gasteiger partial charge is 0.383 e. The van der Waals surface area contributed by atoms with Gasteiger partial charge >= 0.3 is 0 Å². The molecule has 2 rings (SSSR count). The van der Waals surface area contributed by atoms with Crippen LogP contribution >= 0.6 is 0 Å². The van der Waals surface area contributed by atoms with E-state index >= 15 is 0 Å². The van der Waals surface area contributed by atoms with Crippen LogP contribution in [0.4, 0.5) is 0 Å². The molecule has 0 aliphatic heterocycles. The van der Waals surface area contributed by atoms with Crippen LogP contribution in [0.3, 0.4) is 0 Å². The summed E-state index contributed by atoms with van der Waals surface area (Å²) in [6, 6.07) is 12.6. The number of ether oxygens (including phenoxy) is 1. The van der Waals surface area contributed by atoms with E-state index in [9.17, 15) is 9.59 Å². The third-order valence-electron chi connectivity index (χ3n) is 3.10. The molecule has 0 spiro atoms. The van der Waals surface area contributed by atoms with E-state index in [1.807, 2.05) is 30.3 Å². The number of rotatable bonds is 6. The Kier molecular flexibility index (Phi) is 5.29. The fourth-order valence-corrected chi connectivity index (χ4v) is 1.98. The van der Waals surface area contributed by atoms with Gasteiger partial charge in [0.1, 0.15) is 0 Å². The van der Waals surface area contributed by atoms with E-state index in [0.29, 0.717) is 25.3 Å². The first-order valence-electron chi connectivity index (χ1n) is 6.71. The van der Waals surface area contributed by atoms with E-state index in [4.69, 9.17) is 4.74 Å². The standard InChI is InChI=1S/C16H18N2O3/c1-21-10-9-18(12-13-5-3-2-4-6-13)16(20)14-7-8-15(19)17-11-14/h2-8,11H,9-10,12H2,1H3,(H,17,19). The Morgan fingerprint density at radius 1 is 1.19 bits per heavy atom. The third-order valence-corrected chi connectivity index (χ3v) is 3.10. The number of amides is 1. The lowest BCUT2D eigenvalue weighted by Crippen LogP contribution is -2.33. The van der Waals surface area contributed by atoms with Gasteiger partial charge in [-0.3, -0.25) is 9.59 Å². The molecule has 1 heterocycles. The zero-order valence-corrected chi connectivity index (χ0v) is 11.9. The number of carbonyl (C=O) groups excluding carboxylic acids is 1. The lowest BCUT2D eigenvalue weighted by Gasteiger charge is -2.22. The van der Waals surface area contributed by atoms with E-state index < -0.39 is 0 Å². The van der Waals surface area contributed by atoms with Gasteiger partial charge in [0.2, 0.25) is 5.56 Å². The van der Waals surface area contributed by atoms with E-state index in [1.54, 1.807) is 12.0 Å². The van der Waals surface area contributed by atoms with Crippen LogP contribution in [-0.2, 0) is 11.3 Å². The summed E-state index contributed by atoms with van der Waals surface area (Å²) < 4.78 is 5.06. The van der Waals surface area contributed by atoms with E-state index in [2.05, 4.69) is 4.98 Å². The topological polar surface area (TPSA) is 62.4 Å². The Balaban J connectivity index is 2.16. The molecular formula is C16H18N2O3. The minimum atomic E-state index is -0.224. The number of nitrogens with one attached hydrogen (secondary N) is 1. The Labute approximate surface area is 123 Å². The highest BCUT2D eigenvalue weighted by Gasteiger charge is 2.16. The Bertz CT molecular complexity index is 617. The number of hydrogen-bond acceptors (Lipinski definition) is 3. The Hall–Kier alpha value is -2.40. The summed E-state index contributed by atoms with van der Waals surface area (Å²) in [4.78, 5) is 27.8. The van der Waals surface area contributed by atoms with E-state index in [1.165, 1.54) is 18.3 Å². The van der Waals surface area contributed by atoms with Crippen molar-refractivity contribution in [2.75, 3.05) is 20.3 Å². The number of aromatic nitrogens is 1. The van der Waals surface area contributed by atoms with Crippen molar-refractivity contribution in [1.29, 1.82) is 0 Å². The van der Waals surface area contributed by atoms with Crippen LogP contribution in [0.25, 0.3) is 0 Å². The van der Waals surface area contributed by atoms with Crippen LogP contribution in [0, 0.1) is 0 Å². The van der Waals surface area contributed by atoms with Gasteiger partial charge < -0.3 is 14.6 Å². The molecule has 0 saturated heterocycles. The number of benzene rings is 1. The molecule has 1 aromatic carbocycles. The molecule has 0 bridgehead atoms. The second-order valence-electron chi connectivity index (χ2n) is 4.65. The highest BCUT2D eigenvalue weighted by atomic mass is 16.5. The molecule has 1 N–H and O–H groups in total. The SMILES string of the molecule is COCCN(Cc1ccccc1)C(=O)c1ccc(=O)[nH]c1. The molecule has 5 nitrogen and oxygen atoms in total. The number of nitrogens with zero attached hydrogens (tertiary/aromatic N) is 1. The van der Waals surface area contributed by atoms with Gasteiger partial charge in [-0.05, 0) is 11.6 Å². The minimum absolute atomic E-state index is 0.132. The maximum atomic E-state index is 12.5. The summed E-state index contributed by atoms with van der Waals surface area (Å²) in [6.07, 6.45) is 1.44. The average Bonchev–Trinajstić information content (AvgIpc) is 2.52. The lowest BCUT2D eigenvalue weighted by molar-refractivity contribution is 0.0680. The third kappa shape index (κ3) is 4.29.